The van der Waals surface area contributed by atoms with Crippen LogP contribution in [0, 0.1) is 0 Å². The Balaban J connectivity index is 3.12. The van der Waals surface area contributed by atoms with Gasteiger partial charge in [-0.05, 0) is 11.6 Å². The predicted molar refractivity (Wildman–Crippen MR) is 71.7 cm³/mol. The first-order valence-electron chi connectivity index (χ1n) is 5.11. The average molecular weight is 272 g/mol. The quantitative estimate of drug-likeness (QED) is 0.788. The minimum Gasteiger partial charge on any atom is -0.344 e. The maximum Gasteiger partial charge on any atom is 0.263 e. The summed E-state index contributed by atoms with van der Waals surface area (Å²) in [6.07, 6.45) is 0. The van der Waals surface area contributed by atoms with Crippen LogP contribution in [0.3, 0.4) is 0 Å². The topological polar surface area (TPSA) is 37.4 Å². The van der Waals surface area contributed by atoms with Gasteiger partial charge in [0.1, 0.15) is 4.86 Å². The molecule has 17 heavy (non-hydrogen) atoms. The molecule has 0 saturated carbocycles. The van der Waals surface area contributed by atoms with Crippen LogP contribution in [-0.2, 0) is 16.1 Å². The summed E-state index contributed by atoms with van der Waals surface area (Å²) in [7, 11) is 3.25. The minimum atomic E-state index is -0.291. The van der Waals surface area contributed by atoms with Crippen LogP contribution < -0.4 is 0 Å². The number of rotatable bonds is 3. The van der Waals surface area contributed by atoms with Gasteiger partial charge in [0, 0.05) is 25.0 Å². The van der Waals surface area contributed by atoms with Gasteiger partial charge in [0.25, 0.3) is 5.91 Å². The number of hydrogen-bond acceptors (Lipinski definition) is 2. The molecule has 0 saturated heterocycles. The lowest BCUT2D eigenvalue weighted by Crippen LogP contribution is -2.33. The molecule has 1 unspecified atom stereocenters. The summed E-state index contributed by atoms with van der Waals surface area (Å²) < 4.78 is 11.1. The fraction of sp³-hybridized carbons (Fsp3) is 0.333. The molecule has 1 amide bonds. The molecular formula is C12H14ClNO2S. The second-order valence-corrected chi connectivity index (χ2v) is 4.90. The highest BCUT2D eigenvalue weighted by atomic mass is 35.5. The third kappa shape index (κ3) is 3.17. The van der Waals surface area contributed by atoms with Crippen LogP contribution in [0.15, 0.2) is 24.3 Å². The van der Waals surface area contributed by atoms with E-state index in [4.69, 9.17) is 11.6 Å². The summed E-state index contributed by atoms with van der Waals surface area (Å²) in [6.45, 7) is 1.81. The van der Waals surface area contributed by atoms with Crippen LogP contribution in [0.25, 0.3) is 0 Å². The predicted octanol–water partition coefficient (Wildman–Crippen LogP) is 1.92. The van der Waals surface area contributed by atoms with Crippen molar-refractivity contribution in [2.45, 2.75) is 12.8 Å². The van der Waals surface area contributed by atoms with Crippen molar-refractivity contribution >= 4 is 33.6 Å². The van der Waals surface area contributed by atoms with E-state index in [0.717, 1.165) is 5.56 Å². The van der Waals surface area contributed by atoms with E-state index in [0.29, 0.717) is 5.02 Å². The number of carbonyl (C=O) groups is 1. The van der Waals surface area contributed by atoms with E-state index in [9.17, 15) is 9.00 Å². The van der Waals surface area contributed by atoms with Gasteiger partial charge in [-0.25, -0.2) is 4.21 Å². The molecule has 0 fully saturated rings. The van der Waals surface area contributed by atoms with E-state index in [-0.39, 0.29) is 27.9 Å². The molecule has 0 heterocycles. The summed E-state index contributed by atoms with van der Waals surface area (Å²) in [5.41, 5.74) is 0.794. The molecule has 92 valence electrons. The van der Waals surface area contributed by atoms with Crippen LogP contribution in [0.1, 0.15) is 18.4 Å². The van der Waals surface area contributed by atoms with Gasteiger partial charge in [-0.2, -0.15) is 0 Å². The lowest BCUT2D eigenvalue weighted by molar-refractivity contribution is -0.121. The number of nitrogens with zero attached hydrogens (tertiary/aromatic N) is 1. The van der Waals surface area contributed by atoms with E-state index in [1.54, 1.807) is 20.2 Å². The normalized spacial score (nSPS) is 11.8. The first-order chi connectivity index (χ1) is 7.99. The number of carbonyl (C=O) groups excluding carboxylic acids is 1. The van der Waals surface area contributed by atoms with E-state index in [2.05, 4.69) is 0 Å². The molecule has 1 rings (SSSR count). The summed E-state index contributed by atoms with van der Waals surface area (Å²) in [5, 5.41) is 0.568. The van der Waals surface area contributed by atoms with E-state index >= 15 is 0 Å². The van der Waals surface area contributed by atoms with Crippen molar-refractivity contribution in [2.24, 2.45) is 0 Å². The second-order valence-electron chi connectivity index (χ2n) is 3.89. The SMILES string of the molecule is CC(C(=S=O)C(=O)N(C)C)c1ccccc1Cl. The molecule has 0 aliphatic carbocycles. The molecule has 5 heteroatoms. The van der Waals surface area contributed by atoms with Crippen LogP contribution in [0.4, 0.5) is 0 Å². The zero-order valence-electron chi connectivity index (χ0n) is 9.94. The molecule has 0 aliphatic heterocycles. The van der Waals surface area contributed by atoms with Crippen molar-refractivity contribution < 1.29 is 9.00 Å². The van der Waals surface area contributed by atoms with Crippen molar-refractivity contribution in [3.63, 3.8) is 0 Å². The number of benzene rings is 1. The first kappa shape index (κ1) is 13.9. The zero-order valence-corrected chi connectivity index (χ0v) is 11.5. The maximum atomic E-state index is 11.8. The van der Waals surface area contributed by atoms with Gasteiger partial charge in [0.2, 0.25) is 0 Å². The summed E-state index contributed by atoms with van der Waals surface area (Å²) >= 11 is 6.29. The minimum absolute atomic E-state index is 0.235. The molecule has 0 spiro atoms. The molecule has 1 aromatic carbocycles. The number of halogens is 1. The van der Waals surface area contributed by atoms with Crippen molar-refractivity contribution in [3.8, 4) is 0 Å². The van der Waals surface area contributed by atoms with Crippen molar-refractivity contribution in [1.82, 2.24) is 4.90 Å². The summed E-state index contributed by atoms with van der Waals surface area (Å²) in [4.78, 5) is 13.5. The Labute approximate surface area is 109 Å². The maximum absolute atomic E-state index is 11.8. The highest BCUT2D eigenvalue weighted by Gasteiger charge is 2.23. The Bertz CT molecular complexity index is 481. The van der Waals surface area contributed by atoms with E-state index in [1.165, 1.54) is 4.90 Å². The lowest BCUT2D eigenvalue weighted by Gasteiger charge is -2.17. The number of hydrogen-bond donors (Lipinski definition) is 0. The van der Waals surface area contributed by atoms with E-state index < -0.39 is 0 Å². The van der Waals surface area contributed by atoms with Crippen LogP contribution in [0.2, 0.25) is 5.02 Å². The van der Waals surface area contributed by atoms with Crippen LogP contribution in [-0.4, -0.2) is 34.0 Å². The molecule has 0 N–H and O–H groups in total. The molecule has 0 aromatic heterocycles. The summed E-state index contributed by atoms with van der Waals surface area (Å²) in [5.74, 6) is -0.557. The van der Waals surface area contributed by atoms with Gasteiger partial charge in [0.15, 0.2) is 0 Å². The Morgan fingerprint density at radius 3 is 2.41 bits per heavy atom. The van der Waals surface area contributed by atoms with Gasteiger partial charge in [0.05, 0.1) is 11.3 Å². The third-order valence-electron chi connectivity index (χ3n) is 2.47. The molecule has 0 radical (unpaired) electrons. The van der Waals surface area contributed by atoms with Crippen LogP contribution in [0.5, 0.6) is 0 Å². The Kier molecular flexibility index (Phi) is 4.90. The lowest BCUT2D eigenvalue weighted by atomic mass is 9.97. The monoisotopic (exact) mass is 271 g/mol. The molecule has 1 atom stereocenters. The smallest absolute Gasteiger partial charge is 0.263 e. The fourth-order valence-corrected chi connectivity index (χ4v) is 2.31. The third-order valence-corrected chi connectivity index (χ3v) is 3.52. The molecular weight excluding hydrogens is 258 g/mol. The van der Waals surface area contributed by atoms with Crippen molar-refractivity contribution in [2.75, 3.05) is 14.1 Å². The van der Waals surface area contributed by atoms with Crippen LogP contribution >= 0.6 is 11.6 Å². The fourth-order valence-electron chi connectivity index (χ4n) is 1.48. The Hall–Kier alpha value is -1.13. The van der Waals surface area contributed by atoms with Gasteiger partial charge in [-0.3, -0.25) is 4.79 Å². The first-order valence-corrected chi connectivity index (χ1v) is 6.23. The van der Waals surface area contributed by atoms with Gasteiger partial charge < -0.3 is 4.90 Å². The summed E-state index contributed by atoms with van der Waals surface area (Å²) in [6, 6.07) is 7.23. The molecule has 1 aromatic rings. The standard InChI is InChI=1S/C12H14ClNO2S/c1-8(9-6-4-5-7-10(9)13)11(17-16)12(15)14(2)3/h4-8H,1-3H3. The molecule has 0 bridgehead atoms. The van der Waals surface area contributed by atoms with Gasteiger partial charge in [-0.15, -0.1) is 0 Å². The number of amides is 1. The largest absolute Gasteiger partial charge is 0.344 e. The molecule has 0 aliphatic rings. The highest BCUT2D eigenvalue weighted by molar-refractivity contribution is 7.68. The van der Waals surface area contributed by atoms with Gasteiger partial charge in [-0.1, -0.05) is 36.7 Å². The van der Waals surface area contributed by atoms with E-state index in [1.807, 2.05) is 25.1 Å². The zero-order chi connectivity index (χ0) is 13.0. The highest BCUT2D eigenvalue weighted by Crippen LogP contribution is 2.25. The van der Waals surface area contributed by atoms with Crippen molar-refractivity contribution in [1.29, 1.82) is 0 Å². The van der Waals surface area contributed by atoms with Gasteiger partial charge >= 0.3 is 0 Å². The Morgan fingerprint density at radius 1 is 1.35 bits per heavy atom. The Morgan fingerprint density at radius 2 is 1.94 bits per heavy atom. The second kappa shape index (κ2) is 5.98. The van der Waals surface area contributed by atoms with Crippen molar-refractivity contribution in [3.05, 3.63) is 34.9 Å². The average Bonchev–Trinajstić information content (AvgIpc) is 2.30. The molecule has 3 nitrogen and oxygen atoms in total.